The van der Waals surface area contributed by atoms with Crippen LogP contribution in [0.25, 0.3) is 0 Å². The maximum atomic E-state index is 12.8. The number of carbonyl (C=O) groups excluding carboxylic acids is 2. The second kappa shape index (κ2) is 7.91. The van der Waals surface area contributed by atoms with Gasteiger partial charge in [0.25, 0.3) is 11.8 Å². The highest BCUT2D eigenvalue weighted by Crippen LogP contribution is 2.31. The molecular formula is C21H22BrN3O3. The molecule has 7 heteroatoms. The minimum absolute atomic E-state index is 0.0407. The fourth-order valence-corrected chi connectivity index (χ4v) is 4.34. The summed E-state index contributed by atoms with van der Waals surface area (Å²) in [6.07, 6.45) is 4.47. The topological polar surface area (TPSA) is 74.9 Å². The Bertz CT molecular complexity index is 958. The van der Waals surface area contributed by atoms with E-state index in [0.717, 1.165) is 72.3 Å². The molecule has 1 aromatic carbocycles. The van der Waals surface area contributed by atoms with Crippen LogP contribution in [0.4, 0.5) is 0 Å². The van der Waals surface area contributed by atoms with E-state index in [9.17, 15) is 9.59 Å². The summed E-state index contributed by atoms with van der Waals surface area (Å²) < 4.78 is 6.68. The SMILES string of the molecule is Cc1c(C(=O)N2CCCC2)oc2c1/C(=N/NC(=O)c1ccccc1Br)CCC2. The number of nitrogens with one attached hydrogen (secondary N) is 1. The molecule has 0 saturated carbocycles. The predicted molar refractivity (Wildman–Crippen MR) is 110 cm³/mol. The fraction of sp³-hybridized carbons (Fsp3) is 0.381. The zero-order valence-electron chi connectivity index (χ0n) is 15.8. The zero-order chi connectivity index (χ0) is 19.7. The highest BCUT2D eigenvalue weighted by atomic mass is 79.9. The van der Waals surface area contributed by atoms with Gasteiger partial charge in [0.05, 0.1) is 11.3 Å². The summed E-state index contributed by atoms with van der Waals surface area (Å²) >= 11 is 3.39. The molecule has 0 spiro atoms. The van der Waals surface area contributed by atoms with Gasteiger partial charge in [-0.25, -0.2) is 5.43 Å². The molecule has 28 heavy (non-hydrogen) atoms. The van der Waals surface area contributed by atoms with Crippen molar-refractivity contribution in [3.63, 3.8) is 0 Å². The van der Waals surface area contributed by atoms with E-state index in [1.807, 2.05) is 30.0 Å². The van der Waals surface area contributed by atoms with Crippen LogP contribution in [0.1, 0.15) is 63.5 Å². The average molecular weight is 444 g/mol. The smallest absolute Gasteiger partial charge is 0.289 e. The van der Waals surface area contributed by atoms with Gasteiger partial charge in [-0.05, 0) is 60.7 Å². The molecule has 0 radical (unpaired) electrons. The lowest BCUT2D eigenvalue weighted by molar-refractivity contribution is 0.0758. The van der Waals surface area contributed by atoms with Gasteiger partial charge < -0.3 is 9.32 Å². The third-order valence-corrected chi connectivity index (χ3v) is 6.02. The van der Waals surface area contributed by atoms with Crippen LogP contribution >= 0.6 is 15.9 Å². The number of likely N-dealkylation sites (tertiary alicyclic amines) is 1. The quantitative estimate of drug-likeness (QED) is 0.726. The first-order valence-corrected chi connectivity index (χ1v) is 10.4. The average Bonchev–Trinajstić information content (AvgIpc) is 3.35. The molecule has 2 aliphatic rings. The molecule has 0 unspecified atom stereocenters. The summed E-state index contributed by atoms with van der Waals surface area (Å²) in [7, 11) is 0. The van der Waals surface area contributed by atoms with Crippen molar-refractivity contribution in [2.75, 3.05) is 13.1 Å². The fourth-order valence-electron chi connectivity index (χ4n) is 3.87. The number of rotatable bonds is 3. The van der Waals surface area contributed by atoms with Gasteiger partial charge in [0.1, 0.15) is 5.76 Å². The highest BCUT2D eigenvalue weighted by molar-refractivity contribution is 9.10. The Balaban J connectivity index is 1.60. The largest absolute Gasteiger partial charge is 0.455 e. The van der Waals surface area contributed by atoms with Gasteiger partial charge in [0, 0.05) is 35.1 Å². The van der Waals surface area contributed by atoms with E-state index in [2.05, 4.69) is 26.5 Å². The van der Waals surface area contributed by atoms with Gasteiger partial charge in [0.15, 0.2) is 5.76 Å². The number of benzene rings is 1. The minimum Gasteiger partial charge on any atom is -0.455 e. The molecule has 1 aromatic heterocycles. The number of fused-ring (bicyclic) bond motifs is 1. The molecule has 1 saturated heterocycles. The number of nitrogens with zero attached hydrogens (tertiary/aromatic N) is 2. The van der Waals surface area contributed by atoms with E-state index in [1.165, 1.54) is 0 Å². The van der Waals surface area contributed by atoms with Crippen molar-refractivity contribution in [1.29, 1.82) is 0 Å². The summed E-state index contributed by atoms with van der Waals surface area (Å²) in [4.78, 5) is 27.1. The Hall–Kier alpha value is -2.41. The molecule has 0 atom stereocenters. The number of furan rings is 1. The Morgan fingerprint density at radius 3 is 2.64 bits per heavy atom. The summed E-state index contributed by atoms with van der Waals surface area (Å²) in [5.41, 5.74) is 5.64. The Morgan fingerprint density at radius 1 is 1.14 bits per heavy atom. The molecular weight excluding hydrogens is 422 g/mol. The van der Waals surface area contributed by atoms with E-state index >= 15 is 0 Å². The van der Waals surface area contributed by atoms with Crippen LogP contribution in [-0.4, -0.2) is 35.5 Å². The molecule has 1 aliphatic heterocycles. The monoisotopic (exact) mass is 443 g/mol. The second-order valence-corrected chi connectivity index (χ2v) is 8.04. The minimum atomic E-state index is -0.276. The first-order valence-electron chi connectivity index (χ1n) is 9.59. The van der Waals surface area contributed by atoms with Gasteiger partial charge in [-0.15, -0.1) is 0 Å². The third-order valence-electron chi connectivity index (χ3n) is 5.32. The van der Waals surface area contributed by atoms with Crippen LogP contribution in [0.5, 0.6) is 0 Å². The first kappa shape index (κ1) is 18.9. The van der Waals surface area contributed by atoms with Crippen molar-refractivity contribution in [3.05, 3.63) is 56.9 Å². The molecule has 2 heterocycles. The number of amides is 2. The van der Waals surface area contributed by atoms with Gasteiger partial charge in [-0.3, -0.25) is 9.59 Å². The van der Waals surface area contributed by atoms with E-state index < -0.39 is 0 Å². The van der Waals surface area contributed by atoms with Crippen LogP contribution < -0.4 is 5.43 Å². The van der Waals surface area contributed by atoms with Crippen LogP contribution in [0.3, 0.4) is 0 Å². The van der Waals surface area contributed by atoms with E-state index in [4.69, 9.17) is 4.42 Å². The van der Waals surface area contributed by atoms with Gasteiger partial charge in [-0.2, -0.15) is 5.10 Å². The first-order chi connectivity index (χ1) is 13.6. The molecule has 2 amide bonds. The number of carbonyl (C=O) groups is 2. The lowest BCUT2D eigenvalue weighted by Gasteiger charge is -2.14. The maximum absolute atomic E-state index is 12.8. The zero-order valence-corrected chi connectivity index (χ0v) is 17.3. The molecule has 6 nitrogen and oxygen atoms in total. The Labute approximate surface area is 172 Å². The number of halogens is 1. The molecule has 146 valence electrons. The summed E-state index contributed by atoms with van der Waals surface area (Å²) in [6, 6.07) is 7.22. The van der Waals surface area contributed by atoms with Gasteiger partial charge in [-0.1, -0.05) is 12.1 Å². The van der Waals surface area contributed by atoms with Crippen molar-refractivity contribution < 1.29 is 14.0 Å². The summed E-state index contributed by atoms with van der Waals surface area (Å²) in [5.74, 6) is 0.890. The maximum Gasteiger partial charge on any atom is 0.289 e. The van der Waals surface area contributed by atoms with Crippen molar-refractivity contribution in [2.24, 2.45) is 5.10 Å². The van der Waals surface area contributed by atoms with Crippen molar-refractivity contribution in [1.82, 2.24) is 10.3 Å². The van der Waals surface area contributed by atoms with Gasteiger partial charge >= 0.3 is 0 Å². The molecule has 1 fully saturated rings. The summed E-state index contributed by atoms with van der Waals surface area (Å²) in [6.45, 7) is 3.47. The van der Waals surface area contributed by atoms with Crippen molar-refractivity contribution in [2.45, 2.75) is 39.0 Å². The highest BCUT2D eigenvalue weighted by Gasteiger charge is 2.31. The molecule has 2 aromatic rings. The van der Waals surface area contributed by atoms with E-state index in [1.54, 1.807) is 6.07 Å². The number of hydrazone groups is 1. The molecule has 4 rings (SSSR count). The van der Waals surface area contributed by atoms with Gasteiger partial charge in [0.2, 0.25) is 0 Å². The third kappa shape index (κ3) is 3.51. The van der Waals surface area contributed by atoms with Crippen molar-refractivity contribution >= 4 is 33.5 Å². The Kier molecular flexibility index (Phi) is 5.35. The molecule has 1 N–H and O–H groups in total. The van der Waals surface area contributed by atoms with E-state index in [-0.39, 0.29) is 11.8 Å². The standard InChI is InChI=1S/C21H22BrN3O3/c1-13-18-16(23-24-20(26)14-7-2-3-8-15(14)22)9-6-10-17(18)28-19(13)21(27)25-11-4-5-12-25/h2-3,7-8H,4-6,9-12H2,1H3,(H,24,26)/b23-16+. The predicted octanol–water partition coefficient (Wildman–Crippen LogP) is 4.06. The summed E-state index contributed by atoms with van der Waals surface area (Å²) in [5, 5.41) is 4.38. The van der Waals surface area contributed by atoms with Crippen molar-refractivity contribution in [3.8, 4) is 0 Å². The number of hydrogen-bond donors (Lipinski definition) is 1. The second-order valence-electron chi connectivity index (χ2n) is 7.19. The van der Waals surface area contributed by atoms with Crippen LogP contribution in [0, 0.1) is 6.92 Å². The molecule has 1 aliphatic carbocycles. The normalized spacial score (nSPS) is 17.6. The van der Waals surface area contributed by atoms with E-state index in [0.29, 0.717) is 11.3 Å². The lowest BCUT2D eigenvalue weighted by Crippen LogP contribution is -2.27. The number of hydrogen-bond acceptors (Lipinski definition) is 4. The molecule has 0 bridgehead atoms. The van der Waals surface area contributed by atoms with Crippen LogP contribution in [-0.2, 0) is 6.42 Å². The van der Waals surface area contributed by atoms with Crippen LogP contribution in [0.2, 0.25) is 0 Å². The lowest BCUT2D eigenvalue weighted by atomic mass is 9.93. The Morgan fingerprint density at radius 2 is 1.89 bits per heavy atom. The number of aryl methyl sites for hydroxylation is 1. The van der Waals surface area contributed by atoms with Crippen LogP contribution in [0.15, 0.2) is 38.3 Å².